The quantitative estimate of drug-likeness (QED) is 0.669. The van der Waals surface area contributed by atoms with Crippen LogP contribution in [0.15, 0.2) is 36.7 Å². The number of nitro benzene ring substituents is 1. The van der Waals surface area contributed by atoms with Gasteiger partial charge in [0.25, 0.3) is 0 Å². The topological polar surface area (TPSA) is 101 Å². The van der Waals surface area contributed by atoms with Gasteiger partial charge in [0.1, 0.15) is 11.5 Å². The summed E-state index contributed by atoms with van der Waals surface area (Å²) in [6.45, 7) is 0. The Balaban J connectivity index is 2.36. The molecular formula is C12H11N3O4. The van der Waals surface area contributed by atoms with E-state index in [2.05, 4.69) is 4.98 Å². The number of anilines is 1. The van der Waals surface area contributed by atoms with E-state index >= 15 is 0 Å². The Bertz CT molecular complexity index is 616. The molecule has 1 aromatic heterocycles. The minimum Gasteiger partial charge on any atom is -0.496 e. The van der Waals surface area contributed by atoms with Crippen LogP contribution < -0.4 is 15.2 Å². The zero-order chi connectivity index (χ0) is 13.8. The molecule has 0 aliphatic rings. The molecule has 0 spiro atoms. The predicted octanol–water partition coefficient (Wildman–Crippen LogP) is 2.37. The smallest absolute Gasteiger partial charge is 0.315 e. The van der Waals surface area contributed by atoms with Crippen molar-refractivity contribution in [2.24, 2.45) is 0 Å². The first-order valence-electron chi connectivity index (χ1n) is 5.31. The molecule has 0 saturated carbocycles. The number of methoxy groups -OCH3 is 1. The summed E-state index contributed by atoms with van der Waals surface area (Å²) in [4.78, 5) is 14.3. The summed E-state index contributed by atoms with van der Waals surface area (Å²) in [7, 11) is 1.43. The van der Waals surface area contributed by atoms with Crippen LogP contribution in [0, 0.1) is 10.1 Å². The lowest BCUT2D eigenvalue weighted by Gasteiger charge is -2.07. The number of rotatable bonds is 4. The maximum Gasteiger partial charge on any atom is 0.315 e. The van der Waals surface area contributed by atoms with Crippen molar-refractivity contribution in [2.75, 3.05) is 12.8 Å². The maximum absolute atomic E-state index is 11.0. The van der Waals surface area contributed by atoms with Crippen molar-refractivity contribution in [1.29, 1.82) is 0 Å². The van der Waals surface area contributed by atoms with Crippen molar-refractivity contribution < 1.29 is 14.4 Å². The first-order chi connectivity index (χ1) is 9.10. The van der Waals surface area contributed by atoms with Gasteiger partial charge in [-0.25, -0.2) is 0 Å². The second kappa shape index (κ2) is 5.21. The van der Waals surface area contributed by atoms with Crippen LogP contribution in [0.5, 0.6) is 17.2 Å². The van der Waals surface area contributed by atoms with Crippen LogP contribution in [-0.2, 0) is 0 Å². The molecule has 7 heteroatoms. The van der Waals surface area contributed by atoms with Gasteiger partial charge < -0.3 is 15.2 Å². The van der Waals surface area contributed by atoms with Gasteiger partial charge in [0.05, 0.1) is 36.2 Å². The molecular weight excluding hydrogens is 250 g/mol. The molecule has 0 bridgehead atoms. The molecule has 0 unspecified atom stereocenters. The molecule has 0 aliphatic heterocycles. The van der Waals surface area contributed by atoms with Gasteiger partial charge in [-0.2, -0.15) is 0 Å². The highest BCUT2D eigenvalue weighted by molar-refractivity contribution is 5.53. The maximum atomic E-state index is 11.0. The second-order valence-corrected chi connectivity index (χ2v) is 3.65. The average Bonchev–Trinajstić information content (AvgIpc) is 2.39. The van der Waals surface area contributed by atoms with E-state index in [-0.39, 0.29) is 11.4 Å². The van der Waals surface area contributed by atoms with Crippen molar-refractivity contribution in [1.82, 2.24) is 4.98 Å². The summed E-state index contributed by atoms with van der Waals surface area (Å²) in [5.74, 6) is 0.802. The van der Waals surface area contributed by atoms with Crippen LogP contribution >= 0.6 is 0 Å². The molecule has 98 valence electrons. The summed E-state index contributed by atoms with van der Waals surface area (Å²) in [5.41, 5.74) is 5.78. The lowest BCUT2D eigenvalue weighted by atomic mass is 10.3. The van der Waals surface area contributed by atoms with Crippen LogP contribution in [0.2, 0.25) is 0 Å². The summed E-state index contributed by atoms with van der Waals surface area (Å²) in [6.07, 6.45) is 2.87. The third-order valence-electron chi connectivity index (χ3n) is 2.32. The van der Waals surface area contributed by atoms with Crippen LogP contribution in [0.4, 0.5) is 11.4 Å². The highest BCUT2D eigenvalue weighted by Gasteiger charge is 2.17. The van der Waals surface area contributed by atoms with Crippen molar-refractivity contribution in [3.63, 3.8) is 0 Å². The summed E-state index contributed by atoms with van der Waals surface area (Å²) < 4.78 is 10.3. The van der Waals surface area contributed by atoms with E-state index in [4.69, 9.17) is 15.2 Å². The van der Waals surface area contributed by atoms with Crippen LogP contribution in [0.1, 0.15) is 0 Å². The number of pyridine rings is 1. The van der Waals surface area contributed by atoms with Gasteiger partial charge in [-0.3, -0.25) is 15.1 Å². The lowest BCUT2D eigenvalue weighted by Crippen LogP contribution is -1.95. The van der Waals surface area contributed by atoms with Crippen molar-refractivity contribution in [3.8, 4) is 17.2 Å². The van der Waals surface area contributed by atoms with Gasteiger partial charge in [-0.05, 0) is 12.1 Å². The Morgan fingerprint density at radius 2 is 2.05 bits per heavy atom. The Morgan fingerprint density at radius 1 is 1.26 bits per heavy atom. The van der Waals surface area contributed by atoms with E-state index in [0.29, 0.717) is 17.2 Å². The molecule has 0 fully saturated rings. The molecule has 7 nitrogen and oxygen atoms in total. The molecule has 2 aromatic rings. The Kier molecular flexibility index (Phi) is 3.46. The van der Waals surface area contributed by atoms with Gasteiger partial charge in [0.2, 0.25) is 5.75 Å². The summed E-state index contributed by atoms with van der Waals surface area (Å²) in [6, 6.07) is 5.85. The number of hydrogen-bond acceptors (Lipinski definition) is 6. The van der Waals surface area contributed by atoms with E-state index in [9.17, 15) is 10.1 Å². The SMILES string of the molecule is COc1ccc(Oc2cncc(N)c2)c([N+](=O)[O-])c1. The van der Waals surface area contributed by atoms with E-state index < -0.39 is 4.92 Å². The van der Waals surface area contributed by atoms with Gasteiger partial charge in [-0.15, -0.1) is 0 Å². The largest absolute Gasteiger partial charge is 0.496 e. The second-order valence-electron chi connectivity index (χ2n) is 3.65. The highest BCUT2D eigenvalue weighted by Crippen LogP contribution is 2.34. The van der Waals surface area contributed by atoms with Crippen LogP contribution in [0.3, 0.4) is 0 Å². The average molecular weight is 261 g/mol. The van der Waals surface area contributed by atoms with Crippen LogP contribution in [-0.4, -0.2) is 17.0 Å². The number of benzene rings is 1. The monoisotopic (exact) mass is 261 g/mol. The Hall–Kier alpha value is -2.83. The minimum atomic E-state index is -0.544. The lowest BCUT2D eigenvalue weighted by molar-refractivity contribution is -0.385. The normalized spacial score (nSPS) is 9.95. The van der Waals surface area contributed by atoms with Gasteiger partial charge in [0.15, 0.2) is 0 Å². The van der Waals surface area contributed by atoms with Crippen molar-refractivity contribution in [3.05, 3.63) is 46.8 Å². The number of nitrogens with zero attached hydrogens (tertiary/aromatic N) is 2. The number of nitro groups is 1. The van der Waals surface area contributed by atoms with E-state index in [1.165, 1.54) is 37.7 Å². The van der Waals surface area contributed by atoms with Gasteiger partial charge in [-0.1, -0.05) is 0 Å². The van der Waals surface area contributed by atoms with E-state index in [0.717, 1.165) is 0 Å². The molecule has 0 atom stereocenters. The zero-order valence-corrected chi connectivity index (χ0v) is 10.1. The minimum absolute atomic E-state index is 0.0956. The van der Waals surface area contributed by atoms with E-state index in [1.807, 2.05) is 0 Å². The molecule has 1 aromatic carbocycles. The number of hydrogen-bond donors (Lipinski definition) is 1. The van der Waals surface area contributed by atoms with E-state index in [1.54, 1.807) is 6.07 Å². The molecule has 1 heterocycles. The standard InChI is InChI=1S/C12H11N3O4/c1-18-9-2-3-12(11(5-9)15(16)17)19-10-4-8(13)6-14-7-10/h2-7H,13H2,1H3. The highest BCUT2D eigenvalue weighted by atomic mass is 16.6. The molecule has 0 radical (unpaired) electrons. The van der Waals surface area contributed by atoms with Crippen molar-refractivity contribution >= 4 is 11.4 Å². The zero-order valence-electron chi connectivity index (χ0n) is 10.1. The number of aromatic nitrogens is 1. The van der Waals surface area contributed by atoms with Crippen molar-refractivity contribution in [2.45, 2.75) is 0 Å². The Labute approximate surface area is 108 Å². The number of ether oxygens (including phenoxy) is 2. The molecule has 0 aliphatic carbocycles. The van der Waals surface area contributed by atoms with Gasteiger partial charge in [0, 0.05) is 6.07 Å². The first-order valence-corrected chi connectivity index (χ1v) is 5.31. The Morgan fingerprint density at radius 3 is 2.68 bits per heavy atom. The molecule has 2 N–H and O–H groups in total. The predicted molar refractivity (Wildman–Crippen MR) is 68.4 cm³/mol. The third-order valence-corrected chi connectivity index (χ3v) is 2.32. The summed E-state index contributed by atoms with van der Waals surface area (Å²) in [5, 5.41) is 11.0. The third kappa shape index (κ3) is 2.89. The number of nitrogen functional groups attached to an aromatic ring is 1. The molecule has 2 rings (SSSR count). The summed E-state index contributed by atoms with van der Waals surface area (Å²) >= 11 is 0. The fourth-order valence-electron chi connectivity index (χ4n) is 1.47. The first kappa shape index (κ1) is 12.6. The fraction of sp³-hybridized carbons (Fsp3) is 0.0833. The molecule has 0 amide bonds. The molecule has 19 heavy (non-hydrogen) atoms. The van der Waals surface area contributed by atoms with Crippen LogP contribution in [0.25, 0.3) is 0 Å². The van der Waals surface area contributed by atoms with Gasteiger partial charge >= 0.3 is 5.69 Å². The molecule has 0 saturated heterocycles. The fourth-order valence-corrected chi connectivity index (χ4v) is 1.47. The number of nitrogens with two attached hydrogens (primary N) is 1.